The highest BCUT2D eigenvalue weighted by molar-refractivity contribution is 6.32. The largest absolute Gasteiger partial charge is 0.495 e. The third kappa shape index (κ3) is 5.06. The Morgan fingerprint density at radius 1 is 1.20 bits per heavy atom. The van der Waals surface area contributed by atoms with Crippen molar-refractivity contribution in [2.75, 3.05) is 25.5 Å². The minimum atomic E-state index is -0.0877. The zero-order valence-corrected chi connectivity index (χ0v) is 15.5. The fourth-order valence-corrected chi connectivity index (χ4v) is 2.67. The summed E-state index contributed by atoms with van der Waals surface area (Å²) in [7, 11) is 1.57. The summed E-state index contributed by atoms with van der Waals surface area (Å²) in [6.45, 7) is 5.54. The lowest BCUT2D eigenvalue weighted by Crippen LogP contribution is -2.33. The first-order valence-electron chi connectivity index (χ1n) is 8.30. The quantitative estimate of drug-likeness (QED) is 0.764. The molecule has 0 atom stereocenters. The summed E-state index contributed by atoms with van der Waals surface area (Å²) < 4.78 is 5.12. The summed E-state index contributed by atoms with van der Waals surface area (Å²) in [6, 6.07) is 5.34. The standard InChI is InChI=1S/C18H23ClN4O2/c1-4-8-23(9-5-2)18(24)15-11-21-17(12-20-15)22-13-6-7-16(25-3)14(19)10-13/h6-7,10-12H,4-5,8-9H2,1-3H3,(H,21,22). The van der Waals surface area contributed by atoms with Crippen molar-refractivity contribution in [1.82, 2.24) is 14.9 Å². The number of nitrogens with zero attached hydrogens (tertiary/aromatic N) is 3. The number of aromatic nitrogens is 2. The zero-order chi connectivity index (χ0) is 18.2. The van der Waals surface area contributed by atoms with Crippen LogP contribution in [0.2, 0.25) is 5.02 Å². The third-order valence-corrected chi connectivity index (χ3v) is 3.86. The fraction of sp³-hybridized carbons (Fsp3) is 0.389. The van der Waals surface area contributed by atoms with Gasteiger partial charge in [0, 0.05) is 18.8 Å². The molecule has 0 aliphatic carbocycles. The fourth-order valence-electron chi connectivity index (χ4n) is 2.41. The predicted molar refractivity (Wildman–Crippen MR) is 99.8 cm³/mol. The van der Waals surface area contributed by atoms with E-state index in [0.717, 1.165) is 31.6 Å². The van der Waals surface area contributed by atoms with Gasteiger partial charge in [0.25, 0.3) is 5.91 Å². The van der Waals surface area contributed by atoms with E-state index < -0.39 is 0 Å². The highest BCUT2D eigenvalue weighted by Gasteiger charge is 2.16. The minimum absolute atomic E-state index is 0.0877. The van der Waals surface area contributed by atoms with Crippen LogP contribution in [0.3, 0.4) is 0 Å². The Bertz CT molecular complexity index is 701. The average molecular weight is 363 g/mol. The molecule has 0 aliphatic heterocycles. The molecule has 0 radical (unpaired) electrons. The second-order valence-electron chi connectivity index (χ2n) is 5.55. The number of hydrogen-bond acceptors (Lipinski definition) is 5. The van der Waals surface area contributed by atoms with Crippen molar-refractivity contribution >= 4 is 29.0 Å². The molecule has 0 saturated heterocycles. The van der Waals surface area contributed by atoms with Crippen LogP contribution >= 0.6 is 11.6 Å². The van der Waals surface area contributed by atoms with Crippen molar-refractivity contribution in [3.63, 3.8) is 0 Å². The third-order valence-electron chi connectivity index (χ3n) is 3.57. The van der Waals surface area contributed by atoms with Crippen molar-refractivity contribution in [3.05, 3.63) is 41.3 Å². The van der Waals surface area contributed by atoms with E-state index in [2.05, 4.69) is 29.1 Å². The van der Waals surface area contributed by atoms with Crippen molar-refractivity contribution in [3.8, 4) is 5.75 Å². The summed E-state index contributed by atoms with van der Waals surface area (Å²) >= 11 is 6.11. The molecule has 2 aromatic rings. The number of carbonyl (C=O) groups is 1. The molecule has 1 aromatic heterocycles. The SMILES string of the molecule is CCCN(CCC)C(=O)c1cnc(Nc2ccc(OC)c(Cl)c2)cn1. The van der Waals surface area contributed by atoms with Crippen LogP contribution in [0.5, 0.6) is 5.75 Å². The molecule has 0 aliphatic rings. The van der Waals surface area contributed by atoms with Crippen molar-refractivity contribution in [2.24, 2.45) is 0 Å². The van der Waals surface area contributed by atoms with Crippen LogP contribution in [0.25, 0.3) is 0 Å². The number of methoxy groups -OCH3 is 1. The molecule has 6 nitrogen and oxygen atoms in total. The van der Waals surface area contributed by atoms with Crippen LogP contribution in [0.1, 0.15) is 37.2 Å². The normalized spacial score (nSPS) is 10.4. The van der Waals surface area contributed by atoms with E-state index in [1.807, 2.05) is 6.07 Å². The van der Waals surface area contributed by atoms with Gasteiger partial charge in [0.2, 0.25) is 0 Å². The molecule has 0 fully saturated rings. The molecule has 0 saturated carbocycles. The van der Waals surface area contributed by atoms with Crippen LogP contribution in [0.15, 0.2) is 30.6 Å². The van der Waals surface area contributed by atoms with E-state index in [1.165, 1.54) is 6.20 Å². The van der Waals surface area contributed by atoms with E-state index in [0.29, 0.717) is 22.3 Å². The topological polar surface area (TPSA) is 67.4 Å². The molecule has 2 rings (SSSR count). The summed E-state index contributed by atoms with van der Waals surface area (Å²) in [6.07, 6.45) is 4.86. The smallest absolute Gasteiger partial charge is 0.274 e. The summed E-state index contributed by atoms with van der Waals surface area (Å²) in [5.41, 5.74) is 1.11. The van der Waals surface area contributed by atoms with Crippen LogP contribution in [0.4, 0.5) is 11.5 Å². The first kappa shape index (κ1) is 19.0. The Balaban J connectivity index is 2.08. The first-order valence-corrected chi connectivity index (χ1v) is 8.68. The van der Waals surface area contributed by atoms with Gasteiger partial charge in [0.05, 0.1) is 24.5 Å². The van der Waals surface area contributed by atoms with Gasteiger partial charge in [-0.1, -0.05) is 25.4 Å². The second-order valence-corrected chi connectivity index (χ2v) is 5.96. The Morgan fingerprint density at radius 3 is 2.44 bits per heavy atom. The van der Waals surface area contributed by atoms with Gasteiger partial charge < -0.3 is 15.0 Å². The van der Waals surface area contributed by atoms with E-state index in [-0.39, 0.29) is 5.91 Å². The molecule has 0 spiro atoms. The number of rotatable bonds is 8. The van der Waals surface area contributed by atoms with E-state index in [9.17, 15) is 4.79 Å². The van der Waals surface area contributed by atoms with Crippen LogP contribution in [0, 0.1) is 0 Å². The number of hydrogen-bond donors (Lipinski definition) is 1. The maximum atomic E-state index is 12.5. The number of nitrogens with one attached hydrogen (secondary N) is 1. The van der Waals surface area contributed by atoms with Crippen LogP contribution in [-0.4, -0.2) is 41.0 Å². The lowest BCUT2D eigenvalue weighted by molar-refractivity contribution is 0.0749. The van der Waals surface area contributed by atoms with Crippen molar-refractivity contribution < 1.29 is 9.53 Å². The minimum Gasteiger partial charge on any atom is -0.495 e. The Morgan fingerprint density at radius 2 is 1.92 bits per heavy atom. The van der Waals surface area contributed by atoms with Crippen molar-refractivity contribution in [2.45, 2.75) is 26.7 Å². The summed E-state index contributed by atoms with van der Waals surface area (Å²) in [5.74, 6) is 1.05. The van der Waals surface area contributed by atoms with Crippen molar-refractivity contribution in [1.29, 1.82) is 0 Å². The monoisotopic (exact) mass is 362 g/mol. The van der Waals surface area contributed by atoms with Gasteiger partial charge in [0.1, 0.15) is 17.3 Å². The predicted octanol–water partition coefficient (Wildman–Crippen LogP) is 4.14. The summed E-state index contributed by atoms with van der Waals surface area (Å²) in [5, 5.41) is 3.61. The molecular weight excluding hydrogens is 340 g/mol. The number of carbonyl (C=O) groups excluding carboxylic acids is 1. The zero-order valence-electron chi connectivity index (χ0n) is 14.8. The maximum Gasteiger partial charge on any atom is 0.274 e. The molecule has 1 N–H and O–H groups in total. The van der Waals surface area contributed by atoms with E-state index in [4.69, 9.17) is 16.3 Å². The Hall–Kier alpha value is -2.34. The van der Waals surface area contributed by atoms with Crippen LogP contribution in [-0.2, 0) is 0 Å². The van der Waals surface area contributed by atoms with Crippen LogP contribution < -0.4 is 10.1 Å². The number of benzene rings is 1. The molecule has 1 aromatic carbocycles. The highest BCUT2D eigenvalue weighted by Crippen LogP contribution is 2.28. The number of anilines is 2. The second kappa shape index (κ2) is 9.22. The number of ether oxygens (including phenoxy) is 1. The number of halogens is 1. The molecule has 134 valence electrons. The maximum absolute atomic E-state index is 12.5. The molecule has 0 bridgehead atoms. The Kier molecular flexibility index (Phi) is 7.01. The molecular formula is C18H23ClN4O2. The molecule has 1 heterocycles. The summed E-state index contributed by atoms with van der Waals surface area (Å²) in [4.78, 5) is 22.8. The number of amides is 1. The van der Waals surface area contributed by atoms with Gasteiger partial charge in [-0.3, -0.25) is 4.79 Å². The first-order chi connectivity index (χ1) is 12.1. The van der Waals surface area contributed by atoms with Gasteiger partial charge in [-0.25, -0.2) is 9.97 Å². The van der Waals surface area contributed by atoms with Gasteiger partial charge in [-0.15, -0.1) is 0 Å². The van der Waals surface area contributed by atoms with Gasteiger partial charge in [-0.2, -0.15) is 0 Å². The van der Waals surface area contributed by atoms with Gasteiger partial charge >= 0.3 is 0 Å². The van der Waals surface area contributed by atoms with Gasteiger partial charge in [0.15, 0.2) is 0 Å². The van der Waals surface area contributed by atoms with E-state index >= 15 is 0 Å². The lowest BCUT2D eigenvalue weighted by atomic mass is 10.3. The molecule has 1 amide bonds. The highest BCUT2D eigenvalue weighted by atomic mass is 35.5. The lowest BCUT2D eigenvalue weighted by Gasteiger charge is -2.20. The average Bonchev–Trinajstić information content (AvgIpc) is 2.62. The van der Waals surface area contributed by atoms with E-state index in [1.54, 1.807) is 30.3 Å². The van der Waals surface area contributed by atoms with Gasteiger partial charge in [-0.05, 0) is 31.0 Å². The Labute approximate surface area is 153 Å². The molecule has 0 unspecified atom stereocenters. The molecule has 25 heavy (non-hydrogen) atoms. The molecule has 7 heteroatoms.